The monoisotopic (exact) mass is 466 g/mol. The number of hydrogen-bond donors (Lipinski definition) is 1. The van der Waals surface area contributed by atoms with Crippen LogP contribution in [0.25, 0.3) is 22.5 Å². The summed E-state index contributed by atoms with van der Waals surface area (Å²) in [7, 11) is 1.59. The first kappa shape index (κ1) is 23.7. The molecule has 0 bridgehead atoms. The second kappa shape index (κ2) is 11.1. The van der Waals surface area contributed by atoms with E-state index in [1.54, 1.807) is 7.11 Å². The zero-order valence-corrected chi connectivity index (χ0v) is 19.7. The molecule has 0 aliphatic heterocycles. The summed E-state index contributed by atoms with van der Waals surface area (Å²) < 4.78 is 17.0. The first-order valence-corrected chi connectivity index (χ1v) is 11.4. The van der Waals surface area contributed by atoms with Crippen molar-refractivity contribution < 1.29 is 18.7 Å². The summed E-state index contributed by atoms with van der Waals surface area (Å²) in [5, 5.41) is 12.8. The molecule has 4 rings (SSSR count). The molecular formula is C29H26N2O4. The Hall–Kier alpha value is -4.50. The molecule has 0 aliphatic rings. The predicted molar refractivity (Wildman–Crippen MR) is 135 cm³/mol. The number of ether oxygens (including phenoxy) is 2. The van der Waals surface area contributed by atoms with Gasteiger partial charge < -0.3 is 13.9 Å². The average molecular weight is 467 g/mol. The van der Waals surface area contributed by atoms with Crippen LogP contribution in [0.3, 0.4) is 0 Å². The van der Waals surface area contributed by atoms with Gasteiger partial charge in [-0.1, -0.05) is 66.7 Å². The van der Waals surface area contributed by atoms with Gasteiger partial charge in [0, 0.05) is 17.5 Å². The molecule has 0 fully saturated rings. The first-order valence-electron chi connectivity index (χ1n) is 11.4. The van der Waals surface area contributed by atoms with Gasteiger partial charge in [0.1, 0.15) is 17.4 Å². The maximum atomic E-state index is 12.8. The number of furan rings is 1. The fraction of sp³-hybridized carbons (Fsp3) is 0.172. The Bertz CT molecular complexity index is 1340. The highest BCUT2D eigenvalue weighted by Gasteiger charge is 2.24. The van der Waals surface area contributed by atoms with Crippen molar-refractivity contribution in [2.75, 3.05) is 19.0 Å². The van der Waals surface area contributed by atoms with Crippen molar-refractivity contribution in [3.8, 4) is 40.0 Å². The minimum absolute atomic E-state index is 0.152. The molecule has 0 unspecified atom stereocenters. The van der Waals surface area contributed by atoms with Gasteiger partial charge >= 0.3 is 0 Å². The molecule has 3 aromatic carbocycles. The van der Waals surface area contributed by atoms with Crippen LogP contribution in [-0.4, -0.2) is 19.6 Å². The van der Waals surface area contributed by atoms with Gasteiger partial charge in [-0.05, 0) is 36.6 Å². The van der Waals surface area contributed by atoms with Crippen LogP contribution >= 0.6 is 0 Å². The van der Waals surface area contributed by atoms with Crippen molar-refractivity contribution in [1.29, 1.82) is 5.26 Å². The Morgan fingerprint density at radius 2 is 1.66 bits per heavy atom. The molecule has 1 amide bonds. The number of nitrogens with one attached hydrogen (secondary N) is 1. The van der Waals surface area contributed by atoms with E-state index >= 15 is 0 Å². The fourth-order valence-electron chi connectivity index (χ4n) is 3.89. The molecule has 35 heavy (non-hydrogen) atoms. The molecule has 0 atom stereocenters. The maximum absolute atomic E-state index is 12.8. The molecule has 0 saturated carbocycles. The van der Waals surface area contributed by atoms with E-state index in [2.05, 4.69) is 11.4 Å². The molecule has 1 heterocycles. The van der Waals surface area contributed by atoms with Gasteiger partial charge in [-0.15, -0.1) is 0 Å². The molecule has 1 aromatic heterocycles. The van der Waals surface area contributed by atoms with Crippen LogP contribution in [0, 0.1) is 11.3 Å². The van der Waals surface area contributed by atoms with Crippen LogP contribution in [0.4, 0.5) is 5.88 Å². The Labute approximate surface area is 204 Å². The molecular weight excluding hydrogens is 440 g/mol. The highest BCUT2D eigenvalue weighted by atomic mass is 16.5. The van der Waals surface area contributed by atoms with E-state index in [0.717, 1.165) is 16.7 Å². The molecule has 0 spiro atoms. The molecule has 176 valence electrons. The number of carbonyl (C=O) groups is 1. The quantitative estimate of drug-likeness (QED) is 0.306. The third-order valence-corrected chi connectivity index (χ3v) is 5.54. The number of methoxy groups -OCH3 is 1. The number of hydrogen-bond acceptors (Lipinski definition) is 5. The summed E-state index contributed by atoms with van der Waals surface area (Å²) >= 11 is 0. The third-order valence-electron chi connectivity index (χ3n) is 5.54. The molecule has 0 aliphatic carbocycles. The van der Waals surface area contributed by atoms with Crippen molar-refractivity contribution in [3.05, 3.63) is 90.0 Å². The number of nitrogens with zero attached hydrogens (tertiary/aromatic N) is 1. The lowest BCUT2D eigenvalue weighted by Gasteiger charge is -2.11. The lowest BCUT2D eigenvalue weighted by Crippen LogP contribution is -2.12. The number of benzene rings is 3. The van der Waals surface area contributed by atoms with E-state index in [-0.39, 0.29) is 18.2 Å². The van der Waals surface area contributed by atoms with E-state index in [4.69, 9.17) is 13.9 Å². The van der Waals surface area contributed by atoms with E-state index < -0.39 is 0 Å². The number of carbonyl (C=O) groups excluding carboxylic acids is 1. The molecule has 1 N–H and O–H groups in total. The number of rotatable bonds is 9. The molecule has 6 heteroatoms. The highest BCUT2D eigenvalue weighted by Crippen LogP contribution is 2.41. The van der Waals surface area contributed by atoms with Gasteiger partial charge in [0.25, 0.3) is 0 Å². The standard InChI is InChI=1S/C29H26N2O4/c1-3-34-24-16-14-20(18-25(24)33-2)15-17-26(32)31-29-23(19-30)27(21-10-6-4-7-11-21)28(35-29)22-12-8-5-9-13-22/h4-14,16,18H,3,15,17H2,1-2H3,(H,31,32). The second-order valence-corrected chi connectivity index (χ2v) is 7.82. The smallest absolute Gasteiger partial charge is 0.227 e. The zero-order chi connectivity index (χ0) is 24.6. The molecule has 6 nitrogen and oxygen atoms in total. The Morgan fingerprint density at radius 1 is 0.971 bits per heavy atom. The van der Waals surface area contributed by atoms with Gasteiger partial charge in [-0.3, -0.25) is 10.1 Å². The Morgan fingerprint density at radius 3 is 2.29 bits per heavy atom. The van der Waals surface area contributed by atoms with Crippen LogP contribution in [0.15, 0.2) is 83.3 Å². The van der Waals surface area contributed by atoms with Crippen LogP contribution in [-0.2, 0) is 11.2 Å². The largest absolute Gasteiger partial charge is 0.493 e. The lowest BCUT2D eigenvalue weighted by atomic mass is 9.98. The number of nitriles is 1. The zero-order valence-electron chi connectivity index (χ0n) is 19.7. The average Bonchev–Trinajstić information content (AvgIpc) is 3.27. The Balaban J connectivity index is 1.58. The predicted octanol–water partition coefficient (Wildman–Crippen LogP) is 6.46. The second-order valence-electron chi connectivity index (χ2n) is 7.82. The normalized spacial score (nSPS) is 10.4. The lowest BCUT2D eigenvalue weighted by molar-refractivity contribution is -0.116. The summed E-state index contributed by atoms with van der Waals surface area (Å²) in [6, 6.07) is 27.0. The fourth-order valence-corrected chi connectivity index (χ4v) is 3.89. The van der Waals surface area contributed by atoms with Gasteiger partial charge in [0.2, 0.25) is 11.8 Å². The third kappa shape index (κ3) is 5.36. The van der Waals surface area contributed by atoms with Crippen molar-refractivity contribution in [3.63, 3.8) is 0 Å². The van der Waals surface area contributed by atoms with Crippen LogP contribution in [0.5, 0.6) is 11.5 Å². The van der Waals surface area contributed by atoms with Crippen molar-refractivity contribution in [2.45, 2.75) is 19.8 Å². The molecule has 0 saturated heterocycles. The summed E-state index contributed by atoms with van der Waals surface area (Å²) in [5.74, 6) is 1.74. The molecule has 0 radical (unpaired) electrons. The number of aryl methyl sites for hydroxylation is 1. The SMILES string of the molecule is CCOc1ccc(CCC(=O)Nc2oc(-c3ccccc3)c(-c3ccccc3)c2C#N)cc1OC. The molecule has 4 aromatic rings. The Kier molecular flexibility index (Phi) is 7.49. The summed E-state index contributed by atoms with van der Waals surface area (Å²) in [5.41, 5.74) is 3.56. The summed E-state index contributed by atoms with van der Waals surface area (Å²) in [6.45, 7) is 2.45. The van der Waals surface area contributed by atoms with Crippen LogP contribution < -0.4 is 14.8 Å². The van der Waals surface area contributed by atoms with Gasteiger partial charge in [0.15, 0.2) is 11.5 Å². The topological polar surface area (TPSA) is 84.5 Å². The summed E-state index contributed by atoms with van der Waals surface area (Å²) in [4.78, 5) is 12.8. The first-order chi connectivity index (χ1) is 17.1. The van der Waals surface area contributed by atoms with Crippen molar-refractivity contribution in [1.82, 2.24) is 0 Å². The summed E-state index contributed by atoms with van der Waals surface area (Å²) in [6.07, 6.45) is 0.707. The van der Waals surface area contributed by atoms with E-state index in [1.165, 1.54) is 0 Å². The minimum atomic E-state index is -0.248. The van der Waals surface area contributed by atoms with Crippen molar-refractivity contribution in [2.24, 2.45) is 0 Å². The number of amides is 1. The van der Waals surface area contributed by atoms with Crippen LogP contribution in [0.2, 0.25) is 0 Å². The van der Waals surface area contributed by atoms with E-state index in [1.807, 2.05) is 85.8 Å². The van der Waals surface area contributed by atoms with E-state index in [0.29, 0.717) is 41.4 Å². The highest BCUT2D eigenvalue weighted by molar-refractivity contribution is 5.95. The van der Waals surface area contributed by atoms with E-state index in [9.17, 15) is 10.1 Å². The van der Waals surface area contributed by atoms with Gasteiger partial charge in [0.05, 0.1) is 13.7 Å². The van der Waals surface area contributed by atoms with Crippen LogP contribution in [0.1, 0.15) is 24.5 Å². The van der Waals surface area contributed by atoms with Gasteiger partial charge in [-0.25, -0.2) is 0 Å². The minimum Gasteiger partial charge on any atom is -0.493 e. The van der Waals surface area contributed by atoms with Gasteiger partial charge in [-0.2, -0.15) is 5.26 Å². The number of anilines is 1. The maximum Gasteiger partial charge on any atom is 0.227 e. The van der Waals surface area contributed by atoms with Crippen molar-refractivity contribution >= 4 is 11.8 Å².